The Labute approximate surface area is 474 Å². The van der Waals surface area contributed by atoms with Crippen molar-refractivity contribution in [2.24, 2.45) is 0 Å². The quantitative estimate of drug-likeness (QED) is 0.163. The molecular formula is C75H45N5O3. The summed E-state index contributed by atoms with van der Waals surface area (Å²) in [7, 11) is 0. The number of phenolic OH excluding ortho intramolecular Hbond substituents is 1. The Kier molecular flexibility index (Phi) is 10.3. The predicted octanol–water partition coefficient (Wildman–Crippen LogP) is 19.6. The molecule has 0 amide bonds. The lowest BCUT2D eigenvalue weighted by atomic mass is 9.92. The van der Waals surface area contributed by atoms with Crippen LogP contribution in [0.5, 0.6) is 5.75 Å². The van der Waals surface area contributed by atoms with E-state index < -0.39 is 0 Å². The Morgan fingerprint density at radius 3 is 1.31 bits per heavy atom. The molecule has 0 aliphatic carbocycles. The summed E-state index contributed by atoms with van der Waals surface area (Å²) in [5.74, 6) is 1.78. The fourth-order valence-corrected chi connectivity index (χ4v) is 12.7. The van der Waals surface area contributed by atoms with Crippen molar-refractivity contribution in [2.75, 3.05) is 0 Å². The lowest BCUT2D eigenvalue weighted by Gasteiger charge is -2.21. The Bertz CT molecular complexity index is 5270. The van der Waals surface area contributed by atoms with E-state index in [1.807, 2.05) is 72.8 Å². The third kappa shape index (κ3) is 7.36. The summed E-state index contributed by atoms with van der Waals surface area (Å²) < 4.78 is 17.5. The molecule has 8 heteroatoms. The van der Waals surface area contributed by atoms with Crippen molar-refractivity contribution in [3.63, 3.8) is 0 Å². The van der Waals surface area contributed by atoms with Gasteiger partial charge in [0.15, 0.2) is 17.5 Å². The summed E-state index contributed by atoms with van der Waals surface area (Å²) in [6.07, 6.45) is 0. The average molecular weight is 1060 g/mol. The second-order valence-corrected chi connectivity index (χ2v) is 21.2. The van der Waals surface area contributed by atoms with Crippen LogP contribution >= 0.6 is 0 Å². The highest BCUT2D eigenvalue weighted by atomic mass is 16.3. The number of rotatable bonds is 8. The fourth-order valence-electron chi connectivity index (χ4n) is 12.7. The molecule has 388 valence electrons. The average Bonchev–Trinajstić information content (AvgIpc) is 2.77. The summed E-state index contributed by atoms with van der Waals surface area (Å²) in [5.41, 5.74) is 17.3. The van der Waals surface area contributed by atoms with Gasteiger partial charge in [0.05, 0.1) is 33.1 Å². The van der Waals surface area contributed by atoms with E-state index in [9.17, 15) is 5.11 Å². The highest BCUT2D eigenvalue weighted by Crippen LogP contribution is 2.47. The van der Waals surface area contributed by atoms with Gasteiger partial charge in [-0.2, -0.15) is 0 Å². The number of hydrogen-bond acceptors (Lipinski definition) is 6. The van der Waals surface area contributed by atoms with Gasteiger partial charge >= 0.3 is 0 Å². The van der Waals surface area contributed by atoms with Crippen LogP contribution in [0.4, 0.5) is 0 Å². The van der Waals surface area contributed by atoms with Crippen LogP contribution in [0.1, 0.15) is 0 Å². The van der Waals surface area contributed by atoms with Gasteiger partial charge in [0.2, 0.25) is 0 Å². The molecule has 0 fully saturated rings. The molecule has 17 aromatic rings. The molecule has 0 spiro atoms. The first kappa shape index (κ1) is 46.6. The first-order chi connectivity index (χ1) is 41.1. The first-order valence-corrected chi connectivity index (χ1v) is 27.8. The molecule has 83 heavy (non-hydrogen) atoms. The minimum Gasteiger partial charge on any atom is -0.507 e. The van der Waals surface area contributed by atoms with Gasteiger partial charge < -0.3 is 23.1 Å². The maximum atomic E-state index is 12.5. The lowest BCUT2D eigenvalue weighted by molar-refractivity contribution is 0.484. The SMILES string of the molecule is Oc1c(-c2ccc3c(c2)c2ccccc2n3-c2c(-c3ccccc3)cc(-c3nc(-c4ccc5c(c4)oc4ccccc45)nc(-c4ccc5c(c4)oc4ccccc45)n3)cc2-c2ccccc2)ccc2c1c1ccccc1n2-c1ccccc1. The number of nitrogens with zero attached hydrogens (tertiary/aromatic N) is 5. The zero-order valence-electron chi connectivity index (χ0n) is 44.4. The number of para-hydroxylation sites is 5. The molecule has 5 heterocycles. The third-order valence-electron chi connectivity index (χ3n) is 16.5. The zero-order valence-corrected chi connectivity index (χ0v) is 44.4. The number of benzene rings is 12. The molecule has 0 unspecified atom stereocenters. The van der Waals surface area contributed by atoms with Crippen molar-refractivity contribution in [1.82, 2.24) is 24.1 Å². The minimum atomic E-state index is 0.250. The van der Waals surface area contributed by atoms with Crippen molar-refractivity contribution in [1.29, 1.82) is 0 Å². The molecule has 8 nitrogen and oxygen atoms in total. The van der Waals surface area contributed by atoms with Gasteiger partial charge in [-0.25, -0.2) is 15.0 Å². The molecule has 0 aliphatic heterocycles. The molecular weight excluding hydrogens is 1020 g/mol. The van der Waals surface area contributed by atoms with Gasteiger partial charge in [-0.15, -0.1) is 0 Å². The van der Waals surface area contributed by atoms with Gasteiger partial charge in [0.1, 0.15) is 28.1 Å². The van der Waals surface area contributed by atoms with E-state index >= 15 is 0 Å². The summed E-state index contributed by atoms with van der Waals surface area (Å²) in [5, 5.41) is 20.6. The molecule has 1 N–H and O–H groups in total. The summed E-state index contributed by atoms with van der Waals surface area (Å²) in [6, 6.07) is 92.3. The van der Waals surface area contributed by atoms with E-state index in [2.05, 4.69) is 203 Å². The molecule has 0 radical (unpaired) electrons. The monoisotopic (exact) mass is 1060 g/mol. The molecule has 0 aliphatic rings. The van der Waals surface area contributed by atoms with Crippen molar-refractivity contribution in [2.45, 2.75) is 0 Å². The van der Waals surface area contributed by atoms with Gasteiger partial charge in [0.25, 0.3) is 0 Å². The van der Waals surface area contributed by atoms with Crippen molar-refractivity contribution in [3.05, 3.63) is 267 Å². The van der Waals surface area contributed by atoms with Crippen molar-refractivity contribution in [3.8, 4) is 84.7 Å². The topological polar surface area (TPSA) is 95.0 Å². The molecule has 0 atom stereocenters. The largest absolute Gasteiger partial charge is 0.507 e. The summed E-state index contributed by atoms with van der Waals surface area (Å²) >= 11 is 0. The van der Waals surface area contributed by atoms with Crippen LogP contribution in [0.2, 0.25) is 0 Å². The first-order valence-electron chi connectivity index (χ1n) is 27.8. The summed E-state index contributed by atoms with van der Waals surface area (Å²) in [6.45, 7) is 0. The van der Waals surface area contributed by atoms with E-state index in [1.54, 1.807) is 0 Å². The van der Waals surface area contributed by atoms with E-state index in [-0.39, 0.29) is 5.75 Å². The van der Waals surface area contributed by atoms with Crippen LogP contribution in [0, 0.1) is 0 Å². The fraction of sp³-hybridized carbons (Fsp3) is 0. The maximum Gasteiger partial charge on any atom is 0.164 e. The van der Waals surface area contributed by atoms with E-state index in [0.717, 1.165) is 149 Å². The molecule has 5 aromatic heterocycles. The number of furan rings is 2. The number of aromatic hydroxyl groups is 1. The minimum absolute atomic E-state index is 0.250. The number of phenols is 1. The van der Waals surface area contributed by atoms with E-state index in [1.165, 1.54) is 0 Å². The number of fused-ring (bicyclic) bond motifs is 12. The zero-order chi connectivity index (χ0) is 54.7. The van der Waals surface area contributed by atoms with Crippen LogP contribution in [-0.2, 0) is 0 Å². The third-order valence-corrected chi connectivity index (χ3v) is 16.5. The van der Waals surface area contributed by atoms with Gasteiger partial charge in [-0.05, 0) is 114 Å². The predicted molar refractivity (Wildman–Crippen MR) is 337 cm³/mol. The second kappa shape index (κ2) is 18.4. The molecule has 0 bridgehead atoms. The molecule has 17 rings (SSSR count). The highest BCUT2D eigenvalue weighted by molar-refractivity contribution is 6.16. The Hall–Kier alpha value is -11.4. The van der Waals surface area contributed by atoms with Crippen molar-refractivity contribution < 1.29 is 13.9 Å². The van der Waals surface area contributed by atoms with Crippen LogP contribution in [-0.4, -0.2) is 29.2 Å². The van der Waals surface area contributed by atoms with Crippen LogP contribution < -0.4 is 0 Å². The van der Waals surface area contributed by atoms with Gasteiger partial charge in [-0.1, -0.05) is 170 Å². The molecule has 0 saturated heterocycles. The smallest absolute Gasteiger partial charge is 0.164 e. The molecule has 12 aromatic carbocycles. The normalized spacial score (nSPS) is 11.9. The van der Waals surface area contributed by atoms with Crippen LogP contribution in [0.15, 0.2) is 276 Å². The maximum absolute atomic E-state index is 12.5. The van der Waals surface area contributed by atoms with Crippen LogP contribution in [0.3, 0.4) is 0 Å². The van der Waals surface area contributed by atoms with Gasteiger partial charge in [0, 0.05) is 76.8 Å². The van der Waals surface area contributed by atoms with E-state index in [4.69, 9.17) is 23.8 Å². The molecule has 0 saturated carbocycles. The lowest BCUT2D eigenvalue weighted by Crippen LogP contribution is -2.04. The second-order valence-electron chi connectivity index (χ2n) is 21.2. The number of aromatic nitrogens is 5. The number of hydrogen-bond donors (Lipinski definition) is 1. The Morgan fingerprint density at radius 1 is 0.277 bits per heavy atom. The van der Waals surface area contributed by atoms with Gasteiger partial charge in [-0.3, -0.25) is 0 Å². The standard InChI is InChI=1S/C75H45N5O3/c81-72-52(37-39-65-70(72)58-27-11-15-29-63(58)79(65)51-22-8-3-9-23-51)47-34-38-64-61(40-47)53-24-10-14-28-62(53)80(64)71-59(45-18-4-1-5-19-45)41-50(42-60(71)46-20-6-2-7-21-46)75-77-73(48-32-35-56-54-25-12-16-30-66(54)82-68(56)43-48)76-74(78-75)49-33-36-57-55-26-13-17-31-67(55)83-69(57)44-49/h1-44,81H. The Balaban J connectivity index is 0.892. The van der Waals surface area contributed by atoms with Crippen LogP contribution in [0.25, 0.3) is 166 Å². The Morgan fingerprint density at radius 2 is 0.723 bits per heavy atom. The van der Waals surface area contributed by atoms with Crippen molar-refractivity contribution >= 4 is 87.5 Å². The highest BCUT2D eigenvalue weighted by Gasteiger charge is 2.25. The summed E-state index contributed by atoms with van der Waals surface area (Å²) in [4.78, 5) is 16.1. The van der Waals surface area contributed by atoms with E-state index in [0.29, 0.717) is 17.5 Å².